The minimum atomic E-state index is -1.11. The highest BCUT2D eigenvalue weighted by molar-refractivity contribution is 9.08. The molecule has 0 amide bonds. The van der Waals surface area contributed by atoms with Crippen LogP contribution >= 0.6 is 15.9 Å². The van der Waals surface area contributed by atoms with Gasteiger partial charge in [-0.2, -0.15) is 0 Å². The summed E-state index contributed by atoms with van der Waals surface area (Å²) in [5, 5.41) is 18.2. The summed E-state index contributed by atoms with van der Waals surface area (Å²) in [7, 11) is 0. The lowest BCUT2D eigenvalue weighted by Gasteiger charge is -2.07. The first-order chi connectivity index (χ1) is 6.97. The van der Waals surface area contributed by atoms with Crippen LogP contribution in [0.1, 0.15) is 31.8 Å². The monoisotopic (exact) mass is 272 g/mol. The Morgan fingerprint density at radius 1 is 1.20 bits per heavy atom. The Kier molecular flexibility index (Phi) is 3.47. The molecule has 0 aliphatic rings. The molecule has 0 heterocycles. The smallest absolute Gasteiger partial charge is 0.335 e. The predicted octanol–water partition coefficient (Wildman–Crippen LogP) is 2.29. The number of benzene rings is 1. The van der Waals surface area contributed by atoms with Gasteiger partial charge in [0, 0.05) is 5.33 Å². The van der Waals surface area contributed by atoms with E-state index in [0.717, 1.165) is 0 Å². The summed E-state index contributed by atoms with van der Waals surface area (Å²) >= 11 is 3.16. The fourth-order valence-corrected chi connectivity index (χ4v) is 1.62. The molecule has 5 heteroatoms. The summed E-state index contributed by atoms with van der Waals surface area (Å²) in [6, 6.07) is 2.94. The van der Waals surface area contributed by atoms with Crippen LogP contribution in [0.3, 0.4) is 0 Å². The first-order valence-electron chi connectivity index (χ1n) is 4.13. The number of alkyl halides is 1. The minimum Gasteiger partial charge on any atom is -0.478 e. The van der Waals surface area contributed by atoms with Crippen LogP contribution in [0.25, 0.3) is 0 Å². The number of halogens is 1. The Morgan fingerprint density at radius 2 is 1.60 bits per heavy atom. The zero-order valence-corrected chi connectivity index (χ0v) is 9.54. The molecule has 0 saturated carbocycles. The van der Waals surface area contributed by atoms with E-state index in [0.29, 0.717) is 10.9 Å². The number of hydrogen-bond donors (Lipinski definition) is 2. The Balaban J connectivity index is 3.47. The molecule has 0 saturated heterocycles. The van der Waals surface area contributed by atoms with Gasteiger partial charge in [0.25, 0.3) is 0 Å². The van der Waals surface area contributed by atoms with Crippen LogP contribution in [0.2, 0.25) is 0 Å². The average Bonchev–Trinajstić information content (AvgIpc) is 2.17. The third-order valence-electron chi connectivity index (χ3n) is 2.08. The highest BCUT2D eigenvalue weighted by atomic mass is 79.9. The minimum absolute atomic E-state index is 0.0318. The van der Waals surface area contributed by atoms with Gasteiger partial charge in [-0.05, 0) is 30.2 Å². The lowest BCUT2D eigenvalue weighted by Crippen LogP contribution is -2.08. The molecule has 0 bridgehead atoms. The van der Waals surface area contributed by atoms with E-state index in [1.54, 1.807) is 0 Å². The van der Waals surface area contributed by atoms with Crippen LogP contribution in [0.5, 0.6) is 0 Å². The Hall–Kier alpha value is -1.36. The number of carboxylic acids is 2. The molecular weight excluding hydrogens is 264 g/mol. The number of aromatic carboxylic acids is 2. The third kappa shape index (κ3) is 2.36. The van der Waals surface area contributed by atoms with Gasteiger partial charge in [0.05, 0.1) is 11.1 Å². The quantitative estimate of drug-likeness (QED) is 0.828. The normalized spacial score (nSPS) is 10.0. The van der Waals surface area contributed by atoms with E-state index >= 15 is 0 Å². The second kappa shape index (κ2) is 4.44. The van der Waals surface area contributed by atoms with E-state index < -0.39 is 11.9 Å². The second-order valence-corrected chi connectivity index (χ2v) is 3.62. The van der Waals surface area contributed by atoms with Crippen LogP contribution in [0.15, 0.2) is 12.1 Å². The Labute approximate surface area is 94.7 Å². The fourth-order valence-electron chi connectivity index (χ4n) is 1.30. The molecule has 0 radical (unpaired) electrons. The highest BCUT2D eigenvalue weighted by Crippen LogP contribution is 2.19. The first-order valence-corrected chi connectivity index (χ1v) is 5.25. The summed E-state index contributed by atoms with van der Waals surface area (Å²) in [5.41, 5.74) is 0.976. The Bertz CT molecular complexity index is 390. The summed E-state index contributed by atoms with van der Waals surface area (Å²) in [6.45, 7) is 1.49. The Morgan fingerprint density at radius 3 is 1.87 bits per heavy atom. The molecule has 1 aromatic rings. The maximum atomic E-state index is 10.9. The van der Waals surface area contributed by atoms with Crippen LogP contribution in [-0.4, -0.2) is 22.2 Å². The maximum Gasteiger partial charge on any atom is 0.335 e. The zero-order chi connectivity index (χ0) is 11.6. The van der Waals surface area contributed by atoms with Gasteiger partial charge in [0.2, 0.25) is 0 Å². The third-order valence-corrected chi connectivity index (χ3v) is 2.73. The predicted molar refractivity (Wildman–Crippen MR) is 57.7 cm³/mol. The maximum absolute atomic E-state index is 10.9. The van der Waals surface area contributed by atoms with Gasteiger partial charge < -0.3 is 10.2 Å². The van der Waals surface area contributed by atoms with Gasteiger partial charge in [-0.3, -0.25) is 0 Å². The summed E-state index contributed by atoms with van der Waals surface area (Å²) in [5.74, 6) is -2.23. The highest BCUT2D eigenvalue weighted by Gasteiger charge is 2.16. The molecule has 4 nitrogen and oxygen atoms in total. The molecule has 0 aromatic heterocycles. The first kappa shape index (κ1) is 11.7. The van der Waals surface area contributed by atoms with Crippen LogP contribution < -0.4 is 0 Å². The van der Waals surface area contributed by atoms with Gasteiger partial charge in [-0.1, -0.05) is 15.9 Å². The molecule has 0 aliphatic carbocycles. The van der Waals surface area contributed by atoms with Gasteiger partial charge in [-0.25, -0.2) is 9.59 Å². The largest absolute Gasteiger partial charge is 0.478 e. The van der Waals surface area contributed by atoms with Gasteiger partial charge in [0.1, 0.15) is 0 Å². The summed E-state index contributed by atoms with van der Waals surface area (Å²) in [6.07, 6.45) is 0. The number of rotatable bonds is 3. The van der Waals surface area contributed by atoms with Crippen molar-refractivity contribution in [2.24, 2.45) is 0 Å². The van der Waals surface area contributed by atoms with Crippen molar-refractivity contribution in [2.75, 3.05) is 0 Å². The molecule has 0 spiro atoms. The van der Waals surface area contributed by atoms with Crippen molar-refractivity contribution in [2.45, 2.75) is 12.3 Å². The van der Waals surface area contributed by atoms with E-state index in [2.05, 4.69) is 15.9 Å². The van der Waals surface area contributed by atoms with E-state index in [1.807, 2.05) is 0 Å². The van der Waals surface area contributed by atoms with Crippen molar-refractivity contribution in [1.82, 2.24) is 0 Å². The van der Waals surface area contributed by atoms with E-state index in [1.165, 1.54) is 19.1 Å². The van der Waals surface area contributed by atoms with Crippen LogP contribution in [0.4, 0.5) is 0 Å². The molecule has 15 heavy (non-hydrogen) atoms. The van der Waals surface area contributed by atoms with Crippen molar-refractivity contribution in [1.29, 1.82) is 0 Å². The lowest BCUT2D eigenvalue weighted by atomic mass is 9.99. The number of carboxylic acid groups (broad SMARTS) is 2. The van der Waals surface area contributed by atoms with Crippen LogP contribution in [-0.2, 0) is 5.33 Å². The molecule has 0 fully saturated rings. The second-order valence-electron chi connectivity index (χ2n) is 3.06. The molecular formula is C10H9BrO4. The molecule has 0 atom stereocenters. The van der Waals surface area contributed by atoms with Gasteiger partial charge >= 0.3 is 11.9 Å². The van der Waals surface area contributed by atoms with Crippen molar-refractivity contribution >= 4 is 27.9 Å². The zero-order valence-electron chi connectivity index (χ0n) is 7.95. The van der Waals surface area contributed by atoms with E-state index in [4.69, 9.17) is 10.2 Å². The standard InChI is InChI=1S/C10H9BrO4/c1-5-7(9(12)13)2-6(4-11)3-8(5)10(14)15/h2-3H,4H2,1H3,(H,12,13)(H,14,15). The van der Waals surface area contributed by atoms with Crippen molar-refractivity contribution < 1.29 is 19.8 Å². The van der Waals surface area contributed by atoms with Gasteiger partial charge in [-0.15, -0.1) is 0 Å². The van der Waals surface area contributed by atoms with E-state index in [-0.39, 0.29) is 16.7 Å². The SMILES string of the molecule is Cc1c(C(=O)O)cc(CBr)cc1C(=O)O. The topological polar surface area (TPSA) is 74.6 Å². The lowest BCUT2D eigenvalue weighted by molar-refractivity contribution is 0.0696. The summed E-state index contributed by atoms with van der Waals surface area (Å²) in [4.78, 5) is 21.7. The number of hydrogen-bond acceptors (Lipinski definition) is 2. The molecule has 80 valence electrons. The molecule has 0 unspecified atom stereocenters. The van der Waals surface area contributed by atoms with E-state index in [9.17, 15) is 9.59 Å². The average molecular weight is 273 g/mol. The van der Waals surface area contributed by atoms with Crippen molar-refractivity contribution in [3.8, 4) is 0 Å². The summed E-state index contributed by atoms with van der Waals surface area (Å²) < 4.78 is 0. The molecule has 2 N–H and O–H groups in total. The van der Waals surface area contributed by atoms with Crippen LogP contribution in [0, 0.1) is 6.92 Å². The number of carbonyl (C=O) groups is 2. The fraction of sp³-hybridized carbons (Fsp3) is 0.200. The molecule has 0 aliphatic heterocycles. The van der Waals surface area contributed by atoms with Crippen molar-refractivity contribution in [3.63, 3.8) is 0 Å². The molecule has 1 aromatic carbocycles. The van der Waals surface area contributed by atoms with Gasteiger partial charge in [0.15, 0.2) is 0 Å². The van der Waals surface area contributed by atoms with Crippen molar-refractivity contribution in [3.05, 3.63) is 34.4 Å². The molecule has 1 rings (SSSR count).